The van der Waals surface area contributed by atoms with Gasteiger partial charge in [0, 0.05) is 23.6 Å². The summed E-state index contributed by atoms with van der Waals surface area (Å²) >= 11 is 3.48. The smallest absolute Gasteiger partial charge is 0.223 e. The van der Waals surface area contributed by atoms with Crippen LogP contribution in [0.15, 0.2) is 47.4 Å². The van der Waals surface area contributed by atoms with Crippen LogP contribution in [0.2, 0.25) is 0 Å². The van der Waals surface area contributed by atoms with Crippen molar-refractivity contribution in [1.29, 1.82) is 0 Å². The number of benzene rings is 1. The van der Waals surface area contributed by atoms with Crippen LogP contribution >= 0.6 is 15.9 Å². The van der Waals surface area contributed by atoms with E-state index in [1.807, 2.05) is 24.4 Å². The first kappa shape index (κ1) is 21.7. The van der Waals surface area contributed by atoms with E-state index in [-0.39, 0.29) is 5.43 Å². The third kappa shape index (κ3) is 7.92. The number of unbranched alkanes of at least 4 members (excludes halogenated alkanes) is 7. The molecular weight excluding hydrogens is 402 g/mol. The van der Waals surface area contributed by atoms with Crippen molar-refractivity contribution in [3.8, 4) is 5.75 Å². The summed E-state index contributed by atoms with van der Waals surface area (Å²) in [5.74, 6) is 0.457. The van der Waals surface area contributed by atoms with Crippen molar-refractivity contribution in [2.45, 2.75) is 70.2 Å². The van der Waals surface area contributed by atoms with Crippen LogP contribution in [0.5, 0.6) is 5.75 Å². The number of alkyl halides is 1. The van der Waals surface area contributed by atoms with Gasteiger partial charge in [-0.25, -0.2) is 0 Å². The molecule has 0 saturated carbocycles. The first-order chi connectivity index (χ1) is 13.2. The van der Waals surface area contributed by atoms with E-state index >= 15 is 0 Å². The average Bonchev–Trinajstić information content (AvgIpc) is 2.69. The summed E-state index contributed by atoms with van der Waals surface area (Å²) in [5, 5.41) is 0.646. The maximum absolute atomic E-state index is 12.3. The summed E-state index contributed by atoms with van der Waals surface area (Å²) in [6.07, 6.45) is 11.9. The number of ether oxygens (including phenoxy) is 1. The fourth-order valence-electron chi connectivity index (χ4n) is 3.16. The fraction of sp³-hybridized carbons (Fsp3) is 0.522. The van der Waals surface area contributed by atoms with Gasteiger partial charge >= 0.3 is 0 Å². The quantitative estimate of drug-likeness (QED) is 0.273. The van der Waals surface area contributed by atoms with Crippen LogP contribution in [0.1, 0.15) is 69.5 Å². The number of rotatable bonds is 13. The van der Waals surface area contributed by atoms with E-state index in [9.17, 15) is 4.79 Å². The molecule has 0 aliphatic heterocycles. The largest absolute Gasteiger partial charge is 0.488 e. The number of nitrogens with zero attached hydrogens (tertiary/aromatic N) is 1. The third-order valence-corrected chi connectivity index (χ3v) is 5.35. The second-order valence-corrected chi connectivity index (χ2v) is 7.62. The molecule has 0 N–H and O–H groups in total. The van der Waals surface area contributed by atoms with Gasteiger partial charge in [0.2, 0.25) is 5.43 Å². The van der Waals surface area contributed by atoms with Gasteiger partial charge < -0.3 is 9.30 Å². The molecule has 0 bridgehead atoms. The zero-order valence-electron chi connectivity index (χ0n) is 16.5. The van der Waals surface area contributed by atoms with Crippen molar-refractivity contribution < 1.29 is 4.74 Å². The third-order valence-electron chi connectivity index (χ3n) is 4.77. The summed E-state index contributed by atoms with van der Waals surface area (Å²) in [7, 11) is 0. The molecule has 3 nitrogen and oxygen atoms in total. The Labute approximate surface area is 171 Å². The molecule has 27 heavy (non-hydrogen) atoms. The molecule has 0 aliphatic rings. The Balaban J connectivity index is 1.84. The average molecular weight is 434 g/mol. The molecule has 0 saturated heterocycles. The normalized spacial score (nSPS) is 10.9. The molecule has 0 atom stereocenters. The lowest BCUT2D eigenvalue weighted by Gasteiger charge is -2.14. The molecule has 0 radical (unpaired) electrons. The van der Waals surface area contributed by atoms with Crippen LogP contribution in [-0.4, -0.2) is 11.2 Å². The number of halogens is 1. The molecule has 0 fully saturated rings. The van der Waals surface area contributed by atoms with Crippen molar-refractivity contribution in [1.82, 2.24) is 4.57 Å². The maximum atomic E-state index is 12.3. The Morgan fingerprint density at radius 3 is 2.30 bits per heavy atom. The summed E-state index contributed by atoms with van der Waals surface area (Å²) in [6, 6.07) is 11.9. The van der Waals surface area contributed by atoms with Gasteiger partial charge in [-0.3, -0.25) is 4.79 Å². The van der Waals surface area contributed by atoms with Crippen LogP contribution in [-0.2, 0) is 11.9 Å². The van der Waals surface area contributed by atoms with Crippen LogP contribution in [0, 0.1) is 0 Å². The summed E-state index contributed by atoms with van der Waals surface area (Å²) in [6.45, 7) is 3.59. The molecule has 0 aliphatic carbocycles. The van der Waals surface area contributed by atoms with E-state index in [1.54, 1.807) is 6.07 Å². The highest BCUT2D eigenvalue weighted by molar-refractivity contribution is 9.08. The minimum absolute atomic E-state index is 0.0340. The zero-order chi connectivity index (χ0) is 19.3. The van der Waals surface area contributed by atoms with Gasteiger partial charge in [-0.15, -0.1) is 0 Å². The molecule has 0 amide bonds. The Kier molecular flexibility index (Phi) is 10.3. The van der Waals surface area contributed by atoms with Crippen molar-refractivity contribution in [3.63, 3.8) is 0 Å². The standard InChI is InChI=1S/C23H32BrNO2/c1-2-3-4-5-6-7-8-12-15-27-23-19-25(21(17-24)16-22(23)26)18-20-13-10-9-11-14-20/h9-11,13-14,16,19H,2-8,12,15,17-18H2,1H3. The predicted octanol–water partition coefficient (Wildman–Crippen LogP) is 6.31. The van der Waals surface area contributed by atoms with Gasteiger partial charge in [-0.2, -0.15) is 0 Å². The first-order valence-corrected chi connectivity index (χ1v) is 11.3. The molecule has 1 heterocycles. The molecule has 148 valence electrons. The van der Waals surface area contributed by atoms with Crippen LogP contribution in [0.25, 0.3) is 0 Å². The van der Waals surface area contributed by atoms with E-state index in [4.69, 9.17) is 4.74 Å². The van der Waals surface area contributed by atoms with Gasteiger partial charge in [0.05, 0.1) is 12.8 Å². The number of aromatic nitrogens is 1. The minimum Gasteiger partial charge on any atom is -0.488 e. The lowest BCUT2D eigenvalue weighted by atomic mass is 10.1. The van der Waals surface area contributed by atoms with Gasteiger partial charge in [0.15, 0.2) is 5.75 Å². The zero-order valence-corrected chi connectivity index (χ0v) is 18.0. The summed E-state index contributed by atoms with van der Waals surface area (Å²) in [4.78, 5) is 12.3. The van der Waals surface area contributed by atoms with Gasteiger partial charge in [-0.05, 0) is 12.0 Å². The van der Waals surface area contributed by atoms with E-state index in [0.29, 0.717) is 17.7 Å². The highest BCUT2D eigenvalue weighted by Gasteiger charge is 2.08. The fourth-order valence-corrected chi connectivity index (χ4v) is 3.65. The minimum atomic E-state index is -0.0340. The molecule has 4 heteroatoms. The lowest BCUT2D eigenvalue weighted by molar-refractivity contribution is 0.298. The number of hydrogen-bond donors (Lipinski definition) is 0. The van der Waals surface area contributed by atoms with E-state index in [0.717, 1.165) is 18.7 Å². The highest BCUT2D eigenvalue weighted by atomic mass is 79.9. The maximum Gasteiger partial charge on any atom is 0.223 e. The van der Waals surface area contributed by atoms with Crippen molar-refractivity contribution >= 4 is 15.9 Å². The SMILES string of the molecule is CCCCCCCCCCOc1cn(Cc2ccccc2)c(CBr)cc1=O. The first-order valence-electron chi connectivity index (χ1n) is 10.2. The Morgan fingerprint density at radius 2 is 1.63 bits per heavy atom. The molecule has 1 aromatic carbocycles. The van der Waals surface area contributed by atoms with Gasteiger partial charge in [0.25, 0.3) is 0 Å². The summed E-state index contributed by atoms with van der Waals surface area (Å²) in [5.41, 5.74) is 2.13. The Hall–Kier alpha value is -1.55. The predicted molar refractivity (Wildman–Crippen MR) is 117 cm³/mol. The van der Waals surface area contributed by atoms with Gasteiger partial charge in [-0.1, -0.05) is 98.1 Å². The number of hydrogen-bond acceptors (Lipinski definition) is 2. The molecule has 2 aromatic rings. The second kappa shape index (κ2) is 12.8. The second-order valence-electron chi connectivity index (χ2n) is 7.06. The van der Waals surface area contributed by atoms with E-state index in [2.05, 4.69) is 39.6 Å². The number of pyridine rings is 1. The topological polar surface area (TPSA) is 31.2 Å². The monoisotopic (exact) mass is 433 g/mol. The molecule has 1 aromatic heterocycles. The van der Waals surface area contributed by atoms with Crippen LogP contribution in [0.4, 0.5) is 0 Å². The van der Waals surface area contributed by atoms with E-state index in [1.165, 1.54) is 50.5 Å². The Morgan fingerprint density at radius 1 is 0.963 bits per heavy atom. The highest BCUT2D eigenvalue weighted by Crippen LogP contribution is 2.14. The Bertz CT molecular complexity index is 712. The van der Waals surface area contributed by atoms with Crippen LogP contribution in [0.3, 0.4) is 0 Å². The van der Waals surface area contributed by atoms with Crippen LogP contribution < -0.4 is 10.2 Å². The van der Waals surface area contributed by atoms with E-state index < -0.39 is 0 Å². The van der Waals surface area contributed by atoms with Crippen molar-refractivity contribution in [2.75, 3.05) is 6.61 Å². The van der Waals surface area contributed by atoms with Gasteiger partial charge in [0.1, 0.15) is 0 Å². The molecule has 2 rings (SSSR count). The summed E-state index contributed by atoms with van der Waals surface area (Å²) < 4.78 is 7.90. The lowest BCUT2D eigenvalue weighted by Crippen LogP contribution is -2.16. The van der Waals surface area contributed by atoms with Crippen molar-refractivity contribution in [3.05, 3.63) is 64.1 Å². The molecule has 0 spiro atoms. The van der Waals surface area contributed by atoms with Crippen molar-refractivity contribution in [2.24, 2.45) is 0 Å². The molecule has 0 unspecified atom stereocenters. The molecular formula is C23H32BrNO2.